The van der Waals surface area contributed by atoms with Crippen molar-refractivity contribution in [2.24, 2.45) is 0 Å². The van der Waals surface area contributed by atoms with Crippen molar-refractivity contribution in [3.8, 4) is 0 Å². The number of hydrogen-bond donors (Lipinski definition) is 0. The quantitative estimate of drug-likeness (QED) is 0.495. The highest BCUT2D eigenvalue weighted by Crippen LogP contribution is 2.17. The first-order valence-corrected chi connectivity index (χ1v) is 4.75. The van der Waals surface area contributed by atoms with Gasteiger partial charge in [0.1, 0.15) is 0 Å². The largest absolute Gasteiger partial charge is 0.320 e. The molecule has 14 heavy (non-hydrogen) atoms. The summed E-state index contributed by atoms with van der Waals surface area (Å²) in [6.45, 7) is 0.459. The third-order valence-corrected chi connectivity index (χ3v) is 2.08. The molecule has 0 spiro atoms. The summed E-state index contributed by atoms with van der Waals surface area (Å²) in [6.07, 6.45) is 3.20. The van der Waals surface area contributed by atoms with Gasteiger partial charge in [-0.3, -0.25) is 0 Å². The molecule has 2 fully saturated rings. The molecule has 0 aromatic rings. The van der Waals surface area contributed by atoms with Gasteiger partial charge in [0.05, 0.1) is 0 Å². The van der Waals surface area contributed by atoms with E-state index in [1.807, 2.05) is 0 Å². The van der Waals surface area contributed by atoms with Gasteiger partial charge in [-0.15, -0.1) is 0 Å². The predicted octanol–water partition coefficient (Wildman–Crippen LogP) is 1.07. The fourth-order valence-corrected chi connectivity index (χ4v) is 1.36. The van der Waals surface area contributed by atoms with Crippen molar-refractivity contribution < 1.29 is 29.0 Å². The fraction of sp³-hybridized carbons (Fsp3) is 1.00. The Morgan fingerprint density at radius 1 is 0.786 bits per heavy atom. The molecule has 2 atom stereocenters. The van der Waals surface area contributed by atoms with Gasteiger partial charge < -0.3 is 9.47 Å². The Balaban J connectivity index is 1.46. The lowest BCUT2D eigenvalue weighted by molar-refractivity contribution is -0.280. The lowest BCUT2D eigenvalue weighted by Gasteiger charge is -2.07. The van der Waals surface area contributed by atoms with Gasteiger partial charge in [-0.05, 0) is 12.8 Å². The molecule has 0 aromatic heterocycles. The van der Waals surface area contributed by atoms with Crippen LogP contribution in [0, 0.1) is 0 Å². The molecule has 0 radical (unpaired) electrons. The Kier molecular flexibility index (Phi) is 4.11. The zero-order valence-corrected chi connectivity index (χ0v) is 7.85. The lowest BCUT2D eigenvalue weighted by Crippen LogP contribution is -2.09. The number of ether oxygens (including phenoxy) is 2. The summed E-state index contributed by atoms with van der Waals surface area (Å²) in [5.41, 5.74) is 0. The van der Waals surface area contributed by atoms with E-state index in [9.17, 15) is 0 Å². The van der Waals surface area contributed by atoms with Crippen LogP contribution in [0.4, 0.5) is 0 Å². The second-order valence-corrected chi connectivity index (χ2v) is 3.14. The molecule has 2 heterocycles. The maximum Gasteiger partial charge on any atom is 0.194 e. The number of unbranched alkanes of at least 4 members (excludes halogenated alkanes) is 1. The molecular formula is C8H14O6. The van der Waals surface area contributed by atoms with Crippen LogP contribution >= 0.6 is 0 Å². The van der Waals surface area contributed by atoms with E-state index in [4.69, 9.17) is 19.2 Å². The molecule has 2 saturated heterocycles. The summed E-state index contributed by atoms with van der Waals surface area (Å²) in [6, 6.07) is 0. The molecule has 2 aliphatic heterocycles. The Labute approximate surface area is 81.8 Å². The van der Waals surface area contributed by atoms with Crippen molar-refractivity contribution in [1.29, 1.82) is 0 Å². The monoisotopic (exact) mass is 206 g/mol. The summed E-state index contributed by atoms with van der Waals surface area (Å²) in [4.78, 5) is 18.8. The van der Waals surface area contributed by atoms with Crippen LogP contribution < -0.4 is 0 Å². The fourth-order valence-electron chi connectivity index (χ4n) is 1.36. The molecule has 6 heteroatoms. The van der Waals surface area contributed by atoms with Crippen LogP contribution in [0.5, 0.6) is 0 Å². The summed E-state index contributed by atoms with van der Waals surface area (Å²) >= 11 is 0. The van der Waals surface area contributed by atoms with Gasteiger partial charge in [-0.25, -0.2) is 19.6 Å². The van der Waals surface area contributed by atoms with Gasteiger partial charge in [0.25, 0.3) is 0 Å². The molecule has 2 aliphatic rings. The van der Waals surface area contributed by atoms with E-state index in [-0.39, 0.29) is 26.2 Å². The first kappa shape index (κ1) is 10.3. The van der Waals surface area contributed by atoms with E-state index in [0.717, 1.165) is 25.7 Å². The second-order valence-electron chi connectivity index (χ2n) is 3.14. The molecule has 0 amide bonds. The molecule has 0 N–H and O–H groups in total. The lowest BCUT2D eigenvalue weighted by atomic mass is 10.2. The Morgan fingerprint density at radius 2 is 1.29 bits per heavy atom. The molecule has 82 valence electrons. The minimum atomic E-state index is -0.211. The Hall–Kier alpha value is -0.240. The van der Waals surface area contributed by atoms with Gasteiger partial charge in [-0.2, -0.15) is 0 Å². The van der Waals surface area contributed by atoms with E-state index in [1.165, 1.54) is 0 Å². The van der Waals surface area contributed by atoms with Gasteiger partial charge >= 0.3 is 0 Å². The molecule has 0 saturated carbocycles. The third kappa shape index (κ3) is 3.16. The Bertz CT molecular complexity index is 134. The summed E-state index contributed by atoms with van der Waals surface area (Å²) in [5.74, 6) is 0. The maximum atomic E-state index is 5.09. The first-order chi connectivity index (χ1) is 6.95. The van der Waals surface area contributed by atoms with Crippen LogP contribution in [-0.4, -0.2) is 26.2 Å². The topological polar surface area (TPSA) is 55.4 Å². The molecule has 0 bridgehead atoms. The molecule has 6 nitrogen and oxygen atoms in total. The van der Waals surface area contributed by atoms with Gasteiger partial charge in [-0.1, -0.05) is 0 Å². The SMILES string of the molecule is C(CCC1OCOO1)CC1OCOO1. The normalized spacial score (nSPS) is 32.6. The third-order valence-electron chi connectivity index (χ3n) is 2.08. The van der Waals surface area contributed by atoms with Gasteiger partial charge in [0.2, 0.25) is 0 Å². The highest BCUT2D eigenvalue weighted by Gasteiger charge is 2.19. The zero-order valence-electron chi connectivity index (χ0n) is 7.85. The van der Waals surface area contributed by atoms with Crippen LogP contribution in [-0.2, 0) is 29.0 Å². The van der Waals surface area contributed by atoms with Crippen molar-refractivity contribution >= 4 is 0 Å². The summed E-state index contributed by atoms with van der Waals surface area (Å²) in [7, 11) is 0. The van der Waals surface area contributed by atoms with Crippen molar-refractivity contribution in [3.05, 3.63) is 0 Å². The molecule has 2 unspecified atom stereocenters. The molecule has 0 aliphatic carbocycles. The van der Waals surface area contributed by atoms with Gasteiger partial charge in [0, 0.05) is 12.8 Å². The smallest absolute Gasteiger partial charge is 0.194 e. The minimum absolute atomic E-state index is 0.211. The first-order valence-electron chi connectivity index (χ1n) is 4.75. The average molecular weight is 206 g/mol. The summed E-state index contributed by atoms with van der Waals surface area (Å²) < 4.78 is 10.2. The second kappa shape index (κ2) is 5.59. The minimum Gasteiger partial charge on any atom is -0.320 e. The van der Waals surface area contributed by atoms with Crippen molar-refractivity contribution in [2.75, 3.05) is 13.6 Å². The highest BCUT2D eigenvalue weighted by atomic mass is 17.3. The Morgan fingerprint density at radius 3 is 1.64 bits per heavy atom. The molecule has 2 rings (SSSR count). The van der Waals surface area contributed by atoms with Crippen LogP contribution in [0.2, 0.25) is 0 Å². The average Bonchev–Trinajstić information content (AvgIpc) is 2.86. The van der Waals surface area contributed by atoms with E-state index >= 15 is 0 Å². The molecular weight excluding hydrogens is 192 g/mol. The van der Waals surface area contributed by atoms with Crippen molar-refractivity contribution in [3.63, 3.8) is 0 Å². The van der Waals surface area contributed by atoms with E-state index in [2.05, 4.69) is 9.78 Å². The van der Waals surface area contributed by atoms with Crippen molar-refractivity contribution in [1.82, 2.24) is 0 Å². The number of hydrogen-bond acceptors (Lipinski definition) is 6. The van der Waals surface area contributed by atoms with Gasteiger partial charge in [0.15, 0.2) is 26.2 Å². The standard InChI is InChI=1S/C8H14O6/c1(3-7-9-5-11-13-7)2-4-8-10-6-12-14-8/h7-8H,1-6H2. The maximum absolute atomic E-state index is 5.09. The molecule has 0 aromatic carbocycles. The van der Waals surface area contributed by atoms with Crippen LogP contribution in [0.15, 0.2) is 0 Å². The van der Waals surface area contributed by atoms with Crippen molar-refractivity contribution in [2.45, 2.75) is 38.3 Å². The van der Waals surface area contributed by atoms with E-state index < -0.39 is 0 Å². The number of rotatable bonds is 5. The van der Waals surface area contributed by atoms with E-state index in [0.29, 0.717) is 0 Å². The predicted molar refractivity (Wildman–Crippen MR) is 42.3 cm³/mol. The van der Waals surface area contributed by atoms with Crippen LogP contribution in [0.3, 0.4) is 0 Å². The van der Waals surface area contributed by atoms with E-state index in [1.54, 1.807) is 0 Å². The summed E-state index contributed by atoms with van der Waals surface area (Å²) in [5, 5.41) is 0. The highest BCUT2D eigenvalue weighted by molar-refractivity contribution is 4.50. The zero-order chi connectivity index (χ0) is 9.64. The van der Waals surface area contributed by atoms with Crippen LogP contribution in [0.25, 0.3) is 0 Å². The van der Waals surface area contributed by atoms with Crippen LogP contribution in [0.1, 0.15) is 25.7 Å².